The second-order valence-corrected chi connectivity index (χ2v) is 5.34. The molecule has 0 spiro atoms. The van der Waals surface area contributed by atoms with Gasteiger partial charge in [0.15, 0.2) is 11.5 Å². The van der Waals surface area contributed by atoms with Gasteiger partial charge >= 0.3 is 0 Å². The molecular formula is C14H17N3O2S. The molecule has 0 unspecified atom stereocenters. The lowest BCUT2D eigenvalue weighted by Crippen LogP contribution is -2.17. The molecular weight excluding hydrogens is 274 g/mol. The zero-order valence-corrected chi connectivity index (χ0v) is 12.1. The highest BCUT2D eigenvalue weighted by atomic mass is 32.2. The van der Waals surface area contributed by atoms with Crippen molar-refractivity contribution < 1.29 is 9.47 Å². The number of aromatic nitrogens is 2. The number of hydrogen-bond donors (Lipinski definition) is 2. The summed E-state index contributed by atoms with van der Waals surface area (Å²) in [6.45, 7) is 2.79. The number of ether oxygens (including phenoxy) is 2. The predicted molar refractivity (Wildman–Crippen MR) is 78.3 cm³/mol. The Kier molecular flexibility index (Phi) is 4.13. The maximum atomic E-state index is 5.64. The molecule has 6 heteroatoms. The number of nitrogens with zero attached hydrogens (tertiary/aromatic N) is 1. The standard InChI is InChI=1S/C14H17N3O2S/c1-20-14-5-13-12(18-2-3-19-13)4-10(14)6-15-7-11-8-16-9-17-11/h4-5,8-9,15H,2-3,6-7H2,1H3,(H,16,17). The van der Waals surface area contributed by atoms with Crippen LogP contribution in [0.1, 0.15) is 11.3 Å². The van der Waals surface area contributed by atoms with Gasteiger partial charge in [-0.25, -0.2) is 4.98 Å². The monoisotopic (exact) mass is 291 g/mol. The molecule has 0 saturated carbocycles. The van der Waals surface area contributed by atoms with Crippen molar-refractivity contribution in [2.75, 3.05) is 19.5 Å². The highest BCUT2D eigenvalue weighted by molar-refractivity contribution is 7.98. The first-order chi connectivity index (χ1) is 9.86. The fraction of sp³-hybridized carbons (Fsp3) is 0.357. The molecule has 0 aliphatic carbocycles. The first-order valence-electron chi connectivity index (χ1n) is 6.51. The maximum Gasteiger partial charge on any atom is 0.162 e. The largest absolute Gasteiger partial charge is 0.486 e. The fourth-order valence-corrected chi connectivity index (χ4v) is 2.77. The van der Waals surface area contributed by atoms with Gasteiger partial charge in [0, 0.05) is 29.9 Å². The Labute approximate surface area is 122 Å². The third kappa shape index (κ3) is 2.91. The van der Waals surface area contributed by atoms with Gasteiger partial charge in [-0.05, 0) is 24.0 Å². The van der Waals surface area contributed by atoms with Gasteiger partial charge in [-0.15, -0.1) is 11.8 Å². The van der Waals surface area contributed by atoms with Crippen molar-refractivity contribution in [1.82, 2.24) is 15.3 Å². The minimum Gasteiger partial charge on any atom is -0.486 e. The lowest BCUT2D eigenvalue weighted by molar-refractivity contribution is 0.171. The third-order valence-electron chi connectivity index (χ3n) is 3.13. The summed E-state index contributed by atoms with van der Waals surface area (Å²) in [4.78, 5) is 8.30. The predicted octanol–water partition coefficient (Wildman–Crippen LogP) is 2.19. The third-order valence-corrected chi connectivity index (χ3v) is 3.95. The summed E-state index contributed by atoms with van der Waals surface area (Å²) in [7, 11) is 0. The van der Waals surface area contributed by atoms with Crippen LogP contribution in [0.2, 0.25) is 0 Å². The van der Waals surface area contributed by atoms with E-state index in [1.54, 1.807) is 18.1 Å². The van der Waals surface area contributed by atoms with Gasteiger partial charge in [-0.2, -0.15) is 0 Å². The van der Waals surface area contributed by atoms with Crippen LogP contribution in [-0.2, 0) is 13.1 Å². The van der Waals surface area contributed by atoms with Gasteiger partial charge in [0.05, 0.1) is 6.33 Å². The van der Waals surface area contributed by atoms with Gasteiger partial charge < -0.3 is 19.8 Å². The van der Waals surface area contributed by atoms with E-state index < -0.39 is 0 Å². The summed E-state index contributed by atoms with van der Waals surface area (Å²) in [5.41, 5.74) is 2.30. The number of fused-ring (bicyclic) bond motifs is 1. The molecule has 0 amide bonds. The Morgan fingerprint density at radius 1 is 1.25 bits per heavy atom. The molecule has 0 radical (unpaired) electrons. The summed E-state index contributed by atoms with van der Waals surface area (Å²) >= 11 is 1.72. The number of imidazole rings is 1. The Hall–Kier alpha value is -1.66. The Morgan fingerprint density at radius 2 is 2.05 bits per heavy atom. The minimum atomic E-state index is 0.618. The van der Waals surface area contributed by atoms with E-state index in [1.807, 2.05) is 6.20 Å². The lowest BCUT2D eigenvalue weighted by atomic mass is 10.2. The van der Waals surface area contributed by atoms with Crippen LogP contribution in [0, 0.1) is 0 Å². The minimum absolute atomic E-state index is 0.618. The Morgan fingerprint density at radius 3 is 2.75 bits per heavy atom. The SMILES string of the molecule is CSc1cc2c(cc1CNCc1cnc[nH]1)OCCO2. The Balaban J connectivity index is 1.71. The molecule has 1 aromatic heterocycles. The fourth-order valence-electron chi connectivity index (χ4n) is 2.15. The number of thioether (sulfide) groups is 1. The Bertz CT molecular complexity index is 572. The molecule has 1 aliphatic heterocycles. The van der Waals surface area contributed by atoms with E-state index in [4.69, 9.17) is 9.47 Å². The zero-order valence-electron chi connectivity index (χ0n) is 11.3. The topological polar surface area (TPSA) is 59.2 Å². The molecule has 0 saturated heterocycles. The summed E-state index contributed by atoms with van der Waals surface area (Å²) in [5, 5.41) is 3.40. The number of nitrogens with one attached hydrogen (secondary N) is 2. The van der Waals surface area contributed by atoms with Crippen LogP contribution >= 0.6 is 11.8 Å². The van der Waals surface area contributed by atoms with Crippen LogP contribution in [0.15, 0.2) is 29.6 Å². The highest BCUT2D eigenvalue weighted by Crippen LogP contribution is 2.36. The van der Waals surface area contributed by atoms with Gasteiger partial charge in [-0.1, -0.05) is 0 Å². The average Bonchev–Trinajstić information content (AvgIpc) is 3.00. The van der Waals surface area contributed by atoms with Crippen molar-refractivity contribution >= 4 is 11.8 Å². The number of hydrogen-bond acceptors (Lipinski definition) is 5. The van der Waals surface area contributed by atoms with E-state index in [1.165, 1.54) is 10.5 Å². The quantitative estimate of drug-likeness (QED) is 0.827. The smallest absolute Gasteiger partial charge is 0.162 e. The molecule has 2 N–H and O–H groups in total. The lowest BCUT2D eigenvalue weighted by Gasteiger charge is -2.20. The highest BCUT2D eigenvalue weighted by Gasteiger charge is 2.15. The molecule has 5 nitrogen and oxygen atoms in total. The molecule has 106 valence electrons. The van der Waals surface area contributed by atoms with Crippen LogP contribution in [0.25, 0.3) is 0 Å². The van der Waals surface area contributed by atoms with Gasteiger partial charge in [0.1, 0.15) is 13.2 Å². The molecule has 0 bridgehead atoms. The second-order valence-electron chi connectivity index (χ2n) is 4.49. The number of H-pyrrole nitrogens is 1. The molecule has 0 atom stereocenters. The average molecular weight is 291 g/mol. The normalized spacial score (nSPS) is 13.4. The van der Waals surface area contributed by atoms with E-state index in [2.05, 4.69) is 33.7 Å². The second kappa shape index (κ2) is 6.19. The van der Waals surface area contributed by atoms with Crippen molar-refractivity contribution in [3.05, 3.63) is 35.9 Å². The van der Waals surface area contributed by atoms with E-state index in [0.717, 1.165) is 30.3 Å². The number of aromatic amines is 1. The first kappa shape index (κ1) is 13.3. The molecule has 2 heterocycles. The molecule has 0 fully saturated rings. The van der Waals surface area contributed by atoms with E-state index in [9.17, 15) is 0 Å². The maximum absolute atomic E-state index is 5.64. The summed E-state index contributed by atoms with van der Waals surface area (Å²) < 4.78 is 11.2. The van der Waals surface area contributed by atoms with E-state index >= 15 is 0 Å². The number of rotatable bonds is 5. The molecule has 1 aliphatic rings. The summed E-state index contributed by atoms with van der Waals surface area (Å²) in [6.07, 6.45) is 5.59. The summed E-state index contributed by atoms with van der Waals surface area (Å²) in [5.74, 6) is 1.69. The first-order valence-corrected chi connectivity index (χ1v) is 7.74. The molecule has 1 aromatic carbocycles. The molecule has 3 rings (SSSR count). The van der Waals surface area contributed by atoms with Gasteiger partial charge in [0.2, 0.25) is 0 Å². The van der Waals surface area contributed by atoms with Crippen molar-refractivity contribution in [3.63, 3.8) is 0 Å². The molecule has 20 heavy (non-hydrogen) atoms. The van der Waals surface area contributed by atoms with Crippen LogP contribution in [-0.4, -0.2) is 29.4 Å². The van der Waals surface area contributed by atoms with E-state index in [0.29, 0.717) is 13.2 Å². The van der Waals surface area contributed by atoms with Crippen molar-refractivity contribution in [1.29, 1.82) is 0 Å². The summed E-state index contributed by atoms with van der Waals surface area (Å²) in [6, 6.07) is 4.13. The van der Waals surface area contributed by atoms with Crippen molar-refractivity contribution in [2.45, 2.75) is 18.0 Å². The van der Waals surface area contributed by atoms with Crippen LogP contribution in [0.3, 0.4) is 0 Å². The van der Waals surface area contributed by atoms with E-state index in [-0.39, 0.29) is 0 Å². The van der Waals surface area contributed by atoms with Crippen molar-refractivity contribution in [2.24, 2.45) is 0 Å². The van der Waals surface area contributed by atoms with Gasteiger partial charge in [0.25, 0.3) is 0 Å². The number of benzene rings is 1. The van der Waals surface area contributed by atoms with Crippen molar-refractivity contribution in [3.8, 4) is 11.5 Å². The molecule has 2 aromatic rings. The van der Waals surface area contributed by atoms with Gasteiger partial charge in [-0.3, -0.25) is 0 Å². The van der Waals surface area contributed by atoms with Crippen LogP contribution in [0.5, 0.6) is 11.5 Å². The van der Waals surface area contributed by atoms with Crippen LogP contribution < -0.4 is 14.8 Å². The van der Waals surface area contributed by atoms with Crippen LogP contribution in [0.4, 0.5) is 0 Å². The zero-order chi connectivity index (χ0) is 13.8.